The molecule has 20 heavy (non-hydrogen) atoms. The van der Waals surface area contributed by atoms with E-state index in [9.17, 15) is 14.9 Å². The molecule has 0 saturated heterocycles. The molecule has 0 spiro atoms. The van der Waals surface area contributed by atoms with Gasteiger partial charge in [-0.05, 0) is 5.56 Å². The number of ether oxygens (including phenoxy) is 1. The third-order valence-corrected chi connectivity index (χ3v) is 2.28. The van der Waals surface area contributed by atoms with Crippen molar-refractivity contribution in [2.45, 2.75) is 6.61 Å². The van der Waals surface area contributed by atoms with Gasteiger partial charge in [-0.2, -0.15) is 0 Å². The Morgan fingerprint density at radius 2 is 1.90 bits per heavy atom. The quantitative estimate of drug-likeness (QED) is 0.676. The molecular formula is C12H10N4O4. The Morgan fingerprint density at radius 1 is 1.25 bits per heavy atom. The number of amides is 1. The molecule has 2 aromatic rings. The first-order valence-corrected chi connectivity index (χ1v) is 5.59. The second-order valence-corrected chi connectivity index (χ2v) is 3.71. The van der Waals surface area contributed by atoms with Crippen LogP contribution in [0.4, 0.5) is 16.4 Å². The van der Waals surface area contributed by atoms with Crippen LogP contribution in [0.25, 0.3) is 0 Å². The average Bonchev–Trinajstić information content (AvgIpc) is 2.47. The molecule has 1 N–H and O–H groups in total. The molecule has 0 bridgehead atoms. The van der Waals surface area contributed by atoms with Gasteiger partial charge in [0, 0.05) is 0 Å². The Balaban J connectivity index is 1.86. The monoisotopic (exact) mass is 274 g/mol. The third kappa shape index (κ3) is 3.73. The summed E-state index contributed by atoms with van der Waals surface area (Å²) in [6, 6.07) is 9.14. The highest BCUT2D eigenvalue weighted by Gasteiger charge is 2.09. The topological polar surface area (TPSA) is 107 Å². The highest BCUT2D eigenvalue weighted by Crippen LogP contribution is 2.08. The molecule has 1 aromatic carbocycles. The van der Waals surface area contributed by atoms with Crippen LogP contribution in [-0.2, 0) is 11.3 Å². The van der Waals surface area contributed by atoms with Crippen molar-refractivity contribution in [3.8, 4) is 0 Å². The van der Waals surface area contributed by atoms with Crippen molar-refractivity contribution in [1.29, 1.82) is 0 Å². The predicted octanol–water partition coefficient (Wildman–Crippen LogP) is 2.13. The minimum absolute atomic E-state index is 0.0614. The second-order valence-electron chi connectivity index (χ2n) is 3.71. The maximum absolute atomic E-state index is 11.5. The molecule has 0 radical (unpaired) electrons. The van der Waals surface area contributed by atoms with E-state index in [2.05, 4.69) is 15.3 Å². The lowest BCUT2D eigenvalue weighted by atomic mass is 10.2. The standard InChI is InChI=1S/C12H10N4O4/c17-12(20-8-9-4-2-1-3-5-9)15-11-13-6-10(7-14-11)16(18)19/h1-7H,8H2,(H,13,14,15,17). The van der Waals surface area contributed by atoms with Crippen LogP contribution in [0, 0.1) is 10.1 Å². The SMILES string of the molecule is O=C(Nc1ncc([N+](=O)[O-])cn1)OCc1ccccc1. The highest BCUT2D eigenvalue weighted by atomic mass is 16.6. The summed E-state index contributed by atoms with van der Waals surface area (Å²) in [5.41, 5.74) is 0.584. The number of hydrogen-bond acceptors (Lipinski definition) is 6. The molecule has 102 valence electrons. The molecule has 8 nitrogen and oxygen atoms in total. The first-order valence-electron chi connectivity index (χ1n) is 5.59. The molecule has 0 fully saturated rings. The third-order valence-electron chi connectivity index (χ3n) is 2.28. The lowest BCUT2D eigenvalue weighted by Gasteiger charge is -2.05. The number of benzene rings is 1. The Hall–Kier alpha value is -3.03. The Labute approximate surface area is 113 Å². The molecule has 8 heteroatoms. The smallest absolute Gasteiger partial charge is 0.414 e. The minimum atomic E-state index is -0.734. The molecular weight excluding hydrogens is 264 g/mol. The molecule has 0 aliphatic carbocycles. The number of rotatable bonds is 4. The van der Waals surface area contributed by atoms with Gasteiger partial charge in [0.15, 0.2) is 0 Å². The van der Waals surface area contributed by atoms with E-state index in [0.29, 0.717) is 0 Å². The van der Waals surface area contributed by atoms with Gasteiger partial charge in [-0.3, -0.25) is 15.4 Å². The van der Waals surface area contributed by atoms with Gasteiger partial charge < -0.3 is 4.74 Å². The summed E-state index contributed by atoms with van der Waals surface area (Å²) >= 11 is 0. The van der Waals surface area contributed by atoms with Crippen LogP contribution in [0.5, 0.6) is 0 Å². The lowest BCUT2D eigenvalue weighted by molar-refractivity contribution is -0.385. The van der Waals surface area contributed by atoms with Crippen LogP contribution >= 0.6 is 0 Å². The van der Waals surface area contributed by atoms with Crippen molar-refractivity contribution in [2.75, 3.05) is 5.32 Å². The molecule has 1 aromatic heterocycles. The fraction of sp³-hybridized carbons (Fsp3) is 0.0833. The molecule has 0 atom stereocenters. The summed E-state index contributed by atoms with van der Waals surface area (Å²) < 4.78 is 4.95. The van der Waals surface area contributed by atoms with Gasteiger partial charge in [0.05, 0.1) is 4.92 Å². The van der Waals surface area contributed by atoms with Gasteiger partial charge in [-0.15, -0.1) is 0 Å². The van der Waals surface area contributed by atoms with E-state index >= 15 is 0 Å². The van der Waals surface area contributed by atoms with Crippen LogP contribution in [0.15, 0.2) is 42.7 Å². The Morgan fingerprint density at radius 3 is 2.50 bits per heavy atom. The highest BCUT2D eigenvalue weighted by molar-refractivity contribution is 5.82. The van der Waals surface area contributed by atoms with Gasteiger partial charge in [-0.25, -0.2) is 14.8 Å². The predicted molar refractivity (Wildman–Crippen MR) is 68.9 cm³/mol. The molecule has 1 amide bonds. The lowest BCUT2D eigenvalue weighted by Crippen LogP contribution is -2.15. The van der Waals surface area contributed by atoms with Crippen LogP contribution in [-0.4, -0.2) is 21.0 Å². The van der Waals surface area contributed by atoms with E-state index in [-0.39, 0.29) is 18.2 Å². The fourth-order valence-corrected chi connectivity index (χ4v) is 1.33. The zero-order valence-corrected chi connectivity index (χ0v) is 10.2. The van der Waals surface area contributed by atoms with Gasteiger partial charge in [0.2, 0.25) is 5.95 Å². The maximum Gasteiger partial charge on any atom is 0.414 e. The van der Waals surface area contributed by atoms with Crippen molar-refractivity contribution in [3.63, 3.8) is 0 Å². The zero-order valence-electron chi connectivity index (χ0n) is 10.2. The van der Waals surface area contributed by atoms with Crippen LogP contribution < -0.4 is 5.32 Å². The van der Waals surface area contributed by atoms with Crippen molar-refractivity contribution in [2.24, 2.45) is 0 Å². The van der Waals surface area contributed by atoms with Gasteiger partial charge in [-0.1, -0.05) is 30.3 Å². The van der Waals surface area contributed by atoms with Crippen LogP contribution in [0.1, 0.15) is 5.56 Å². The Kier molecular flexibility index (Phi) is 4.17. The van der Waals surface area contributed by atoms with E-state index in [0.717, 1.165) is 18.0 Å². The zero-order chi connectivity index (χ0) is 14.4. The number of hydrogen-bond donors (Lipinski definition) is 1. The Bertz CT molecular complexity index is 601. The molecule has 0 saturated carbocycles. The molecule has 0 aliphatic heterocycles. The molecule has 2 rings (SSSR count). The second kappa shape index (κ2) is 6.23. The van der Waals surface area contributed by atoms with Crippen LogP contribution in [0.3, 0.4) is 0 Å². The number of anilines is 1. The van der Waals surface area contributed by atoms with E-state index in [1.165, 1.54) is 0 Å². The normalized spacial score (nSPS) is 9.80. The number of aromatic nitrogens is 2. The molecule has 1 heterocycles. The summed E-state index contributed by atoms with van der Waals surface area (Å²) in [4.78, 5) is 28.5. The largest absolute Gasteiger partial charge is 0.444 e. The number of carbonyl (C=O) groups excluding carboxylic acids is 1. The fourth-order valence-electron chi connectivity index (χ4n) is 1.33. The summed E-state index contributed by atoms with van der Waals surface area (Å²) in [5.74, 6) is -0.0614. The molecule has 0 aliphatic rings. The number of nitro groups is 1. The minimum Gasteiger partial charge on any atom is -0.444 e. The summed E-state index contributed by atoms with van der Waals surface area (Å²) in [6.07, 6.45) is 1.27. The number of nitrogens with zero attached hydrogens (tertiary/aromatic N) is 3. The van der Waals surface area contributed by atoms with Crippen molar-refractivity contribution >= 4 is 17.7 Å². The van der Waals surface area contributed by atoms with E-state index < -0.39 is 11.0 Å². The van der Waals surface area contributed by atoms with Crippen LogP contribution in [0.2, 0.25) is 0 Å². The van der Waals surface area contributed by atoms with Gasteiger partial charge in [0.1, 0.15) is 19.0 Å². The van der Waals surface area contributed by atoms with Crippen molar-refractivity contribution in [1.82, 2.24) is 9.97 Å². The summed E-state index contributed by atoms with van der Waals surface area (Å²) in [5, 5.41) is 12.7. The number of nitrogens with one attached hydrogen (secondary N) is 1. The number of carbonyl (C=O) groups is 1. The average molecular weight is 274 g/mol. The molecule has 0 unspecified atom stereocenters. The van der Waals surface area contributed by atoms with Crippen molar-refractivity contribution in [3.05, 3.63) is 58.4 Å². The maximum atomic E-state index is 11.5. The summed E-state index contributed by atoms with van der Waals surface area (Å²) in [7, 11) is 0. The van der Waals surface area contributed by atoms with Gasteiger partial charge in [0.25, 0.3) is 0 Å². The summed E-state index contributed by atoms with van der Waals surface area (Å²) in [6.45, 7) is 0.111. The van der Waals surface area contributed by atoms with Crippen molar-refractivity contribution < 1.29 is 14.5 Å². The first kappa shape index (κ1) is 13.4. The first-order chi connectivity index (χ1) is 9.65. The van der Waals surface area contributed by atoms with Gasteiger partial charge >= 0.3 is 11.8 Å². The van der Waals surface area contributed by atoms with E-state index in [1.807, 2.05) is 30.3 Å². The van der Waals surface area contributed by atoms with E-state index in [4.69, 9.17) is 4.74 Å². The van der Waals surface area contributed by atoms with E-state index in [1.54, 1.807) is 0 Å².